The lowest BCUT2D eigenvalue weighted by Crippen LogP contribution is -2.54. The first-order chi connectivity index (χ1) is 9.30. The normalized spacial score (nSPS) is 36.2. The van der Waals surface area contributed by atoms with Crippen LogP contribution < -0.4 is 5.32 Å². The van der Waals surface area contributed by atoms with Crippen LogP contribution in [0.2, 0.25) is 5.82 Å². The molecule has 3 rings (SSSR count). The molecule has 1 N–H and O–H groups in total. The molecule has 2 saturated heterocycles. The van der Waals surface area contributed by atoms with Crippen molar-refractivity contribution >= 4 is 7.12 Å². The van der Waals surface area contributed by atoms with Crippen molar-refractivity contribution in [2.45, 2.75) is 50.9 Å². The molecule has 0 aromatic heterocycles. The third-order valence-corrected chi connectivity index (χ3v) is 4.97. The zero-order valence-corrected chi connectivity index (χ0v) is 13.1. The van der Waals surface area contributed by atoms with Crippen LogP contribution in [0.1, 0.15) is 27.7 Å². The van der Waals surface area contributed by atoms with Crippen LogP contribution in [0.25, 0.3) is 0 Å². The minimum Gasteiger partial charge on any atom is -0.494 e. The maximum absolute atomic E-state index is 6.13. The summed E-state index contributed by atoms with van der Waals surface area (Å²) >= 11 is 0. The summed E-state index contributed by atoms with van der Waals surface area (Å²) in [6, 6.07) is 0. The van der Waals surface area contributed by atoms with Crippen LogP contribution in [0, 0.1) is 0 Å². The Balaban J connectivity index is 1.76. The number of nitrogens with one attached hydrogen (secondary N) is 1. The third-order valence-electron chi connectivity index (χ3n) is 4.97. The molecule has 2 fully saturated rings. The van der Waals surface area contributed by atoms with Gasteiger partial charge in [0.15, 0.2) is 0 Å². The first-order valence-corrected chi connectivity index (χ1v) is 7.44. The molecule has 0 aliphatic carbocycles. The van der Waals surface area contributed by atoms with Gasteiger partial charge in [0.1, 0.15) is 18.5 Å². The fourth-order valence-electron chi connectivity index (χ4n) is 2.88. The van der Waals surface area contributed by atoms with Gasteiger partial charge >= 0.3 is 7.12 Å². The van der Waals surface area contributed by atoms with E-state index in [9.17, 15) is 0 Å². The molecule has 112 valence electrons. The predicted octanol–water partition coefficient (Wildman–Crippen LogP) is 1.22. The SMILES string of the molecule is CN1CCOC2=C[C@H](B3OC(C)(C)C(C)(C)O3)CN[C@@H]21. The highest BCUT2D eigenvalue weighted by atomic mass is 16.7. The highest BCUT2D eigenvalue weighted by Gasteiger charge is 2.54. The minimum atomic E-state index is -0.281. The van der Waals surface area contributed by atoms with Crippen LogP contribution in [0.3, 0.4) is 0 Å². The highest BCUT2D eigenvalue weighted by Crippen LogP contribution is 2.41. The average Bonchev–Trinajstić information content (AvgIpc) is 2.58. The van der Waals surface area contributed by atoms with E-state index in [-0.39, 0.29) is 30.3 Å². The molecular formula is C14H25BN2O3. The van der Waals surface area contributed by atoms with Gasteiger partial charge in [-0.1, -0.05) is 0 Å². The Labute approximate surface area is 121 Å². The molecule has 0 saturated carbocycles. The number of hydrogen-bond acceptors (Lipinski definition) is 5. The summed E-state index contributed by atoms with van der Waals surface area (Å²) in [5, 5.41) is 3.53. The summed E-state index contributed by atoms with van der Waals surface area (Å²) < 4.78 is 18.1. The van der Waals surface area contributed by atoms with E-state index in [0.717, 1.165) is 25.5 Å². The van der Waals surface area contributed by atoms with Gasteiger partial charge in [-0.2, -0.15) is 0 Å². The predicted molar refractivity (Wildman–Crippen MR) is 78.3 cm³/mol. The van der Waals surface area contributed by atoms with Crippen LogP contribution in [-0.2, 0) is 14.0 Å². The maximum Gasteiger partial charge on any atom is 0.466 e. The molecule has 0 unspecified atom stereocenters. The van der Waals surface area contributed by atoms with E-state index in [0.29, 0.717) is 0 Å². The van der Waals surface area contributed by atoms with Crippen molar-refractivity contribution in [3.05, 3.63) is 11.8 Å². The maximum atomic E-state index is 6.13. The van der Waals surface area contributed by atoms with Gasteiger partial charge < -0.3 is 14.0 Å². The van der Waals surface area contributed by atoms with Gasteiger partial charge in [-0.15, -0.1) is 0 Å². The van der Waals surface area contributed by atoms with E-state index in [1.807, 2.05) is 0 Å². The van der Waals surface area contributed by atoms with Gasteiger partial charge in [-0.25, -0.2) is 0 Å². The zero-order chi connectivity index (χ0) is 14.5. The van der Waals surface area contributed by atoms with Crippen LogP contribution in [0.15, 0.2) is 11.8 Å². The molecule has 0 radical (unpaired) electrons. The van der Waals surface area contributed by atoms with Crippen molar-refractivity contribution in [1.29, 1.82) is 0 Å². The molecule has 6 heteroatoms. The summed E-state index contributed by atoms with van der Waals surface area (Å²) in [5.41, 5.74) is -0.561. The molecule has 0 aromatic rings. The number of likely N-dealkylation sites (N-methyl/N-ethyl adjacent to an activating group) is 1. The number of nitrogens with zero attached hydrogens (tertiary/aromatic N) is 1. The van der Waals surface area contributed by atoms with Crippen molar-refractivity contribution in [2.75, 3.05) is 26.7 Å². The van der Waals surface area contributed by atoms with Crippen molar-refractivity contribution < 1.29 is 14.0 Å². The molecule has 0 amide bonds. The van der Waals surface area contributed by atoms with E-state index in [4.69, 9.17) is 14.0 Å². The van der Waals surface area contributed by atoms with Crippen LogP contribution in [-0.4, -0.2) is 56.1 Å². The van der Waals surface area contributed by atoms with Crippen molar-refractivity contribution in [3.63, 3.8) is 0 Å². The summed E-state index contributed by atoms with van der Waals surface area (Å²) in [4.78, 5) is 2.27. The molecule has 5 nitrogen and oxygen atoms in total. The quantitative estimate of drug-likeness (QED) is 0.732. The Bertz CT molecular complexity index is 409. The number of rotatable bonds is 1. The third kappa shape index (κ3) is 2.28. The molecule has 3 aliphatic rings. The van der Waals surface area contributed by atoms with Gasteiger partial charge in [-0.05, 0) is 40.8 Å². The lowest BCUT2D eigenvalue weighted by Gasteiger charge is -2.39. The van der Waals surface area contributed by atoms with E-state index in [2.05, 4.69) is 51.0 Å². The Kier molecular flexibility index (Phi) is 3.40. The molecule has 0 aromatic carbocycles. The number of fused-ring (bicyclic) bond motifs is 1. The zero-order valence-electron chi connectivity index (χ0n) is 13.1. The second-order valence-corrected chi connectivity index (χ2v) is 7.00. The Morgan fingerprint density at radius 2 is 1.90 bits per heavy atom. The van der Waals surface area contributed by atoms with Crippen LogP contribution >= 0.6 is 0 Å². The number of hydrogen-bond donors (Lipinski definition) is 1. The largest absolute Gasteiger partial charge is 0.494 e. The van der Waals surface area contributed by atoms with Gasteiger partial charge in [-0.3, -0.25) is 10.2 Å². The fourth-order valence-corrected chi connectivity index (χ4v) is 2.88. The van der Waals surface area contributed by atoms with Crippen molar-refractivity contribution in [3.8, 4) is 0 Å². The summed E-state index contributed by atoms with van der Waals surface area (Å²) in [6.45, 7) is 10.9. The first-order valence-electron chi connectivity index (χ1n) is 7.44. The molecule has 3 heterocycles. The van der Waals surface area contributed by atoms with Crippen molar-refractivity contribution in [2.24, 2.45) is 0 Å². The number of ether oxygens (including phenoxy) is 1. The smallest absolute Gasteiger partial charge is 0.466 e. The fraction of sp³-hybridized carbons (Fsp3) is 0.857. The second kappa shape index (κ2) is 4.73. The van der Waals surface area contributed by atoms with E-state index in [1.54, 1.807) is 0 Å². The monoisotopic (exact) mass is 280 g/mol. The molecule has 3 aliphatic heterocycles. The van der Waals surface area contributed by atoms with E-state index < -0.39 is 0 Å². The van der Waals surface area contributed by atoms with Crippen LogP contribution in [0.5, 0.6) is 0 Å². The Morgan fingerprint density at radius 1 is 1.25 bits per heavy atom. The van der Waals surface area contributed by atoms with Gasteiger partial charge in [0, 0.05) is 18.9 Å². The molecule has 20 heavy (non-hydrogen) atoms. The highest BCUT2D eigenvalue weighted by molar-refractivity contribution is 6.48. The Hall–Kier alpha value is -0.555. The van der Waals surface area contributed by atoms with Gasteiger partial charge in [0.2, 0.25) is 0 Å². The van der Waals surface area contributed by atoms with E-state index in [1.165, 1.54) is 0 Å². The number of morpholine rings is 1. The summed E-state index contributed by atoms with van der Waals surface area (Å²) in [6.07, 6.45) is 2.38. The minimum absolute atomic E-state index is 0.189. The molecule has 0 bridgehead atoms. The first kappa shape index (κ1) is 14.4. The van der Waals surface area contributed by atoms with Gasteiger partial charge in [0.05, 0.1) is 11.2 Å². The summed E-state index contributed by atoms with van der Waals surface area (Å²) in [7, 11) is 1.90. The summed E-state index contributed by atoms with van der Waals surface area (Å²) in [5.74, 6) is 1.19. The topological polar surface area (TPSA) is 43.0 Å². The Morgan fingerprint density at radius 3 is 2.55 bits per heavy atom. The lowest BCUT2D eigenvalue weighted by molar-refractivity contribution is 0.00578. The van der Waals surface area contributed by atoms with Crippen LogP contribution in [0.4, 0.5) is 0 Å². The molecule has 0 spiro atoms. The lowest BCUT2D eigenvalue weighted by atomic mass is 9.70. The second-order valence-electron chi connectivity index (χ2n) is 7.00. The molecular weight excluding hydrogens is 255 g/mol. The van der Waals surface area contributed by atoms with Gasteiger partial charge in [0.25, 0.3) is 0 Å². The average molecular weight is 280 g/mol. The van der Waals surface area contributed by atoms with Crippen molar-refractivity contribution in [1.82, 2.24) is 10.2 Å². The van der Waals surface area contributed by atoms with E-state index >= 15 is 0 Å². The standard InChI is InChI=1S/C14H25BN2O3/c1-13(2)14(3,4)20-15(19-13)10-8-11-12(16-9-10)17(5)6-7-18-11/h8,10,12,16H,6-7,9H2,1-5H3/t10-,12+/m0/s1. The molecule has 2 atom stereocenters.